The standard InChI is InChI=1S/C29H35N3O6S/c1-21-11-14-25(15-12-21)39(35,36)32(24-13-16-26(37-4)27(19-24)38-5)20-28(33)31(22(2)29(34)30-3)18-17-23-9-7-6-8-10-23/h6-16,19,22H,17-18,20H2,1-5H3,(H,30,34). The molecular weight excluding hydrogens is 518 g/mol. The predicted octanol–water partition coefficient (Wildman–Crippen LogP) is 3.41. The number of amides is 2. The van der Waals surface area contributed by atoms with Gasteiger partial charge < -0.3 is 19.7 Å². The Balaban J connectivity index is 2.03. The van der Waals surface area contributed by atoms with Crippen LogP contribution < -0.4 is 19.1 Å². The number of benzene rings is 3. The highest BCUT2D eigenvalue weighted by Gasteiger charge is 2.32. The van der Waals surface area contributed by atoms with Crippen LogP contribution in [0.3, 0.4) is 0 Å². The molecule has 0 bridgehead atoms. The van der Waals surface area contributed by atoms with Gasteiger partial charge in [-0.25, -0.2) is 8.42 Å². The number of nitrogens with zero attached hydrogens (tertiary/aromatic N) is 2. The van der Waals surface area contributed by atoms with Gasteiger partial charge in [-0.1, -0.05) is 48.0 Å². The Hall–Kier alpha value is -4.05. The van der Waals surface area contributed by atoms with Crippen molar-refractivity contribution in [1.29, 1.82) is 0 Å². The topological polar surface area (TPSA) is 105 Å². The Bertz CT molecular complexity index is 1380. The molecule has 1 N–H and O–H groups in total. The first kappa shape index (κ1) is 29.5. The van der Waals surface area contributed by atoms with Gasteiger partial charge in [-0.05, 0) is 50.1 Å². The number of carbonyl (C=O) groups excluding carboxylic acids is 2. The highest BCUT2D eigenvalue weighted by Crippen LogP contribution is 2.34. The molecule has 10 heteroatoms. The summed E-state index contributed by atoms with van der Waals surface area (Å²) in [5.74, 6) is -0.146. The smallest absolute Gasteiger partial charge is 0.264 e. The lowest BCUT2D eigenvalue weighted by Gasteiger charge is -2.32. The summed E-state index contributed by atoms with van der Waals surface area (Å²) in [7, 11) is 0.248. The van der Waals surface area contributed by atoms with Crippen molar-refractivity contribution in [2.45, 2.75) is 31.2 Å². The minimum Gasteiger partial charge on any atom is -0.493 e. The van der Waals surface area contributed by atoms with E-state index in [1.807, 2.05) is 37.3 Å². The van der Waals surface area contributed by atoms with Crippen molar-refractivity contribution in [3.63, 3.8) is 0 Å². The van der Waals surface area contributed by atoms with E-state index in [1.54, 1.807) is 31.2 Å². The second kappa shape index (κ2) is 13.1. The summed E-state index contributed by atoms with van der Waals surface area (Å²) in [6.07, 6.45) is 0.495. The summed E-state index contributed by atoms with van der Waals surface area (Å²) in [5.41, 5.74) is 2.11. The van der Waals surface area contributed by atoms with Gasteiger partial charge in [0, 0.05) is 19.7 Å². The molecule has 0 saturated heterocycles. The third-order valence-corrected chi connectivity index (χ3v) is 8.23. The number of methoxy groups -OCH3 is 2. The van der Waals surface area contributed by atoms with E-state index in [1.165, 1.54) is 44.4 Å². The van der Waals surface area contributed by atoms with Crippen molar-refractivity contribution in [3.05, 3.63) is 83.9 Å². The summed E-state index contributed by atoms with van der Waals surface area (Å²) in [6.45, 7) is 3.18. The molecule has 0 heterocycles. The lowest BCUT2D eigenvalue weighted by atomic mass is 10.1. The molecule has 0 aliphatic carbocycles. The minimum absolute atomic E-state index is 0.0332. The van der Waals surface area contributed by atoms with Crippen molar-refractivity contribution in [2.75, 3.05) is 38.7 Å². The molecule has 0 aromatic heterocycles. The molecule has 0 spiro atoms. The van der Waals surface area contributed by atoms with Crippen LogP contribution in [0.15, 0.2) is 77.7 Å². The maximum atomic E-state index is 13.9. The predicted molar refractivity (Wildman–Crippen MR) is 151 cm³/mol. The third kappa shape index (κ3) is 7.08. The van der Waals surface area contributed by atoms with Gasteiger partial charge in [0.1, 0.15) is 12.6 Å². The molecule has 1 unspecified atom stereocenters. The van der Waals surface area contributed by atoms with Gasteiger partial charge >= 0.3 is 0 Å². The van der Waals surface area contributed by atoms with Crippen LogP contribution in [0.5, 0.6) is 11.5 Å². The van der Waals surface area contributed by atoms with Gasteiger partial charge in [0.2, 0.25) is 11.8 Å². The van der Waals surface area contributed by atoms with Crippen molar-refractivity contribution in [1.82, 2.24) is 10.2 Å². The second-order valence-corrected chi connectivity index (χ2v) is 10.8. The van der Waals surface area contributed by atoms with Crippen molar-refractivity contribution in [3.8, 4) is 11.5 Å². The number of carbonyl (C=O) groups is 2. The first-order valence-electron chi connectivity index (χ1n) is 12.5. The van der Waals surface area contributed by atoms with E-state index < -0.39 is 28.5 Å². The molecule has 2 amide bonds. The zero-order valence-electron chi connectivity index (χ0n) is 22.9. The third-order valence-electron chi connectivity index (χ3n) is 6.44. The molecule has 0 aliphatic heterocycles. The summed E-state index contributed by atoms with van der Waals surface area (Å²) in [4.78, 5) is 27.8. The van der Waals surface area contributed by atoms with Gasteiger partial charge in [0.15, 0.2) is 11.5 Å². The van der Waals surface area contributed by atoms with Crippen LogP contribution in [0.1, 0.15) is 18.1 Å². The monoisotopic (exact) mass is 553 g/mol. The van der Waals surface area contributed by atoms with Gasteiger partial charge in [0.25, 0.3) is 10.0 Å². The van der Waals surface area contributed by atoms with E-state index in [9.17, 15) is 18.0 Å². The van der Waals surface area contributed by atoms with Crippen LogP contribution in [0.4, 0.5) is 5.69 Å². The number of hydrogen-bond acceptors (Lipinski definition) is 6. The first-order chi connectivity index (χ1) is 18.6. The number of rotatable bonds is 12. The largest absolute Gasteiger partial charge is 0.493 e. The molecule has 3 aromatic rings. The Morgan fingerprint density at radius 3 is 2.15 bits per heavy atom. The number of ether oxygens (including phenoxy) is 2. The van der Waals surface area contributed by atoms with Gasteiger partial charge in [0.05, 0.1) is 24.8 Å². The Morgan fingerprint density at radius 2 is 1.56 bits per heavy atom. The van der Waals surface area contributed by atoms with E-state index >= 15 is 0 Å². The summed E-state index contributed by atoms with van der Waals surface area (Å²) < 4.78 is 39.5. The van der Waals surface area contributed by atoms with E-state index in [2.05, 4.69) is 5.32 Å². The molecule has 3 aromatic carbocycles. The second-order valence-electron chi connectivity index (χ2n) is 8.98. The van der Waals surface area contributed by atoms with Crippen molar-refractivity contribution >= 4 is 27.5 Å². The first-order valence-corrected chi connectivity index (χ1v) is 13.9. The summed E-state index contributed by atoms with van der Waals surface area (Å²) in [6, 6.07) is 19.8. The fourth-order valence-corrected chi connectivity index (χ4v) is 5.53. The number of aryl methyl sites for hydroxylation is 1. The van der Waals surface area contributed by atoms with Crippen LogP contribution in [0, 0.1) is 6.92 Å². The lowest BCUT2D eigenvalue weighted by molar-refractivity contribution is -0.138. The quantitative estimate of drug-likeness (QED) is 0.369. The maximum absolute atomic E-state index is 13.9. The summed E-state index contributed by atoms with van der Waals surface area (Å²) >= 11 is 0. The molecule has 9 nitrogen and oxygen atoms in total. The molecule has 1 atom stereocenters. The molecule has 208 valence electrons. The zero-order valence-corrected chi connectivity index (χ0v) is 23.7. The van der Waals surface area contributed by atoms with Crippen molar-refractivity contribution in [2.24, 2.45) is 0 Å². The molecule has 0 saturated carbocycles. The van der Waals surface area contributed by atoms with Crippen LogP contribution >= 0.6 is 0 Å². The number of anilines is 1. The van der Waals surface area contributed by atoms with Gasteiger partial charge in [-0.15, -0.1) is 0 Å². The van der Waals surface area contributed by atoms with Crippen LogP contribution in [0.2, 0.25) is 0 Å². The number of sulfonamides is 1. The van der Waals surface area contributed by atoms with Crippen LogP contribution in [0.25, 0.3) is 0 Å². The zero-order chi connectivity index (χ0) is 28.6. The minimum atomic E-state index is -4.17. The molecule has 0 fully saturated rings. The molecule has 0 aliphatic rings. The SMILES string of the molecule is CNC(=O)C(C)N(CCc1ccccc1)C(=O)CN(c1ccc(OC)c(OC)c1)S(=O)(=O)c1ccc(C)cc1. The highest BCUT2D eigenvalue weighted by molar-refractivity contribution is 7.92. The Morgan fingerprint density at radius 1 is 0.923 bits per heavy atom. The fraction of sp³-hybridized carbons (Fsp3) is 0.310. The Kier molecular flexibility index (Phi) is 9.95. The van der Waals surface area contributed by atoms with E-state index in [0.717, 1.165) is 15.4 Å². The number of nitrogens with one attached hydrogen (secondary N) is 1. The number of likely N-dealkylation sites (N-methyl/N-ethyl adjacent to an activating group) is 1. The normalized spacial score (nSPS) is 11.8. The highest BCUT2D eigenvalue weighted by atomic mass is 32.2. The van der Waals surface area contributed by atoms with Crippen LogP contribution in [-0.2, 0) is 26.0 Å². The molecule has 39 heavy (non-hydrogen) atoms. The number of hydrogen-bond donors (Lipinski definition) is 1. The van der Waals surface area contributed by atoms with Crippen LogP contribution in [-0.4, -0.2) is 65.5 Å². The van der Waals surface area contributed by atoms with Crippen molar-refractivity contribution < 1.29 is 27.5 Å². The van der Waals surface area contributed by atoms with E-state index in [-0.39, 0.29) is 23.0 Å². The average molecular weight is 554 g/mol. The summed E-state index contributed by atoms with van der Waals surface area (Å²) in [5, 5.41) is 2.58. The van der Waals surface area contributed by atoms with Gasteiger partial charge in [-0.2, -0.15) is 0 Å². The lowest BCUT2D eigenvalue weighted by Crippen LogP contribution is -2.51. The molecule has 3 rings (SSSR count). The van der Waals surface area contributed by atoms with E-state index in [4.69, 9.17) is 9.47 Å². The van der Waals surface area contributed by atoms with E-state index in [0.29, 0.717) is 17.9 Å². The maximum Gasteiger partial charge on any atom is 0.264 e. The molecule has 0 radical (unpaired) electrons. The Labute approximate surface area is 230 Å². The molecular formula is C29H35N3O6S. The average Bonchev–Trinajstić information content (AvgIpc) is 2.95. The van der Waals surface area contributed by atoms with Gasteiger partial charge in [-0.3, -0.25) is 13.9 Å². The fourth-order valence-electron chi connectivity index (χ4n) is 4.13.